The molecule has 0 aliphatic rings. The number of carboxylic acids is 1. The second kappa shape index (κ2) is 6.59. The molecule has 0 bridgehead atoms. The Morgan fingerprint density at radius 2 is 2.00 bits per heavy atom. The largest absolute Gasteiger partial charge is 0.481 e. The van der Waals surface area contributed by atoms with Crippen LogP contribution in [-0.2, 0) is 14.3 Å². The molecule has 1 aromatic carbocycles. The quantitative estimate of drug-likeness (QED) is 0.476. The summed E-state index contributed by atoms with van der Waals surface area (Å²) in [5, 5.41) is 9.18. The Morgan fingerprint density at radius 1 is 1.39 bits per heavy atom. The van der Waals surface area contributed by atoms with Crippen molar-refractivity contribution in [2.75, 3.05) is 6.61 Å². The van der Waals surface area contributed by atoms with Crippen molar-refractivity contribution in [2.24, 2.45) is 5.92 Å². The molecular formula is C14H16O4. The molecule has 0 aliphatic heterocycles. The first-order valence-corrected chi connectivity index (χ1v) is 5.68. The first kappa shape index (κ1) is 14.0. The monoisotopic (exact) mass is 248 g/mol. The van der Waals surface area contributed by atoms with Gasteiger partial charge in [-0.25, -0.2) is 0 Å². The van der Waals surface area contributed by atoms with Gasteiger partial charge in [0.15, 0.2) is 5.92 Å². The van der Waals surface area contributed by atoms with E-state index in [1.807, 2.05) is 6.07 Å². The second-order valence-electron chi connectivity index (χ2n) is 3.74. The number of esters is 1. The van der Waals surface area contributed by atoms with Crippen LogP contribution in [-0.4, -0.2) is 23.7 Å². The zero-order valence-corrected chi connectivity index (χ0v) is 10.2. The number of carbonyl (C=O) groups excluding carboxylic acids is 1. The summed E-state index contributed by atoms with van der Waals surface area (Å²) < 4.78 is 4.80. The van der Waals surface area contributed by atoms with Gasteiger partial charge >= 0.3 is 11.9 Å². The third-order valence-corrected chi connectivity index (χ3v) is 2.60. The normalized spacial score (nSPS) is 13.4. The van der Waals surface area contributed by atoms with E-state index < -0.39 is 23.8 Å². The van der Waals surface area contributed by atoms with E-state index in [-0.39, 0.29) is 6.61 Å². The lowest BCUT2D eigenvalue weighted by atomic mass is 9.86. The van der Waals surface area contributed by atoms with Gasteiger partial charge in [0, 0.05) is 5.92 Å². The average Bonchev–Trinajstić information content (AvgIpc) is 2.36. The summed E-state index contributed by atoms with van der Waals surface area (Å²) in [5.41, 5.74) is 0.730. The zero-order valence-electron chi connectivity index (χ0n) is 10.2. The van der Waals surface area contributed by atoms with Crippen molar-refractivity contribution in [3.8, 4) is 0 Å². The molecule has 2 unspecified atom stereocenters. The van der Waals surface area contributed by atoms with Gasteiger partial charge < -0.3 is 9.84 Å². The van der Waals surface area contributed by atoms with Crippen LogP contribution in [0.5, 0.6) is 0 Å². The fourth-order valence-electron chi connectivity index (χ4n) is 1.77. The van der Waals surface area contributed by atoms with E-state index in [1.165, 1.54) is 6.08 Å². The first-order valence-electron chi connectivity index (χ1n) is 5.68. The van der Waals surface area contributed by atoms with Gasteiger partial charge in [0.25, 0.3) is 0 Å². The molecule has 0 heterocycles. The van der Waals surface area contributed by atoms with E-state index in [0.29, 0.717) is 0 Å². The summed E-state index contributed by atoms with van der Waals surface area (Å²) in [6.45, 7) is 5.41. The highest BCUT2D eigenvalue weighted by atomic mass is 16.5. The zero-order chi connectivity index (χ0) is 13.5. The number of allylic oxidation sites excluding steroid dienone is 1. The Morgan fingerprint density at radius 3 is 2.44 bits per heavy atom. The van der Waals surface area contributed by atoms with E-state index in [1.54, 1.807) is 31.2 Å². The number of ether oxygens (including phenoxy) is 1. The highest BCUT2D eigenvalue weighted by Crippen LogP contribution is 2.27. The van der Waals surface area contributed by atoms with E-state index in [0.717, 1.165) is 5.56 Å². The molecule has 2 atom stereocenters. The van der Waals surface area contributed by atoms with Gasteiger partial charge in [-0.15, -0.1) is 6.58 Å². The fraction of sp³-hybridized carbons (Fsp3) is 0.286. The first-order chi connectivity index (χ1) is 8.61. The van der Waals surface area contributed by atoms with Crippen LogP contribution in [0.15, 0.2) is 43.0 Å². The number of hydrogen-bond donors (Lipinski definition) is 1. The summed E-state index contributed by atoms with van der Waals surface area (Å²) in [6.07, 6.45) is 1.46. The third kappa shape index (κ3) is 3.20. The van der Waals surface area contributed by atoms with Gasteiger partial charge in [-0.1, -0.05) is 36.4 Å². The molecule has 1 aromatic rings. The molecule has 4 nitrogen and oxygen atoms in total. The number of carboxylic acid groups (broad SMARTS) is 1. The summed E-state index contributed by atoms with van der Waals surface area (Å²) in [4.78, 5) is 22.9. The fourth-order valence-corrected chi connectivity index (χ4v) is 1.77. The maximum atomic E-state index is 11.7. The van der Waals surface area contributed by atoms with Crippen molar-refractivity contribution in [3.63, 3.8) is 0 Å². The molecule has 0 aromatic heterocycles. The van der Waals surface area contributed by atoms with Crippen LogP contribution in [0.25, 0.3) is 0 Å². The lowest BCUT2D eigenvalue weighted by Gasteiger charge is -2.19. The van der Waals surface area contributed by atoms with Crippen molar-refractivity contribution >= 4 is 11.9 Å². The Labute approximate surface area is 106 Å². The third-order valence-electron chi connectivity index (χ3n) is 2.60. The number of aliphatic carboxylic acids is 1. The van der Waals surface area contributed by atoms with Crippen LogP contribution in [0.2, 0.25) is 0 Å². The summed E-state index contributed by atoms with van der Waals surface area (Å²) >= 11 is 0. The van der Waals surface area contributed by atoms with Crippen molar-refractivity contribution < 1.29 is 19.4 Å². The minimum absolute atomic E-state index is 0.154. The summed E-state index contributed by atoms with van der Waals surface area (Å²) in [6, 6.07) is 8.93. The van der Waals surface area contributed by atoms with Crippen LogP contribution in [0.1, 0.15) is 18.4 Å². The van der Waals surface area contributed by atoms with Gasteiger partial charge in [0.1, 0.15) is 0 Å². The van der Waals surface area contributed by atoms with Crippen LogP contribution < -0.4 is 0 Å². The van der Waals surface area contributed by atoms with Gasteiger partial charge in [-0.05, 0) is 12.5 Å². The molecule has 0 fully saturated rings. The van der Waals surface area contributed by atoms with Crippen LogP contribution in [0, 0.1) is 5.92 Å². The molecule has 0 amide bonds. The standard InChI is InChI=1S/C14H16O4/c1-3-11(10-8-6-5-7-9-10)12(13(15)16)14(17)18-4-2/h3,5-9,11-12H,1,4H2,2H3,(H,15,16). The summed E-state index contributed by atoms with van der Waals surface area (Å²) in [5.74, 6) is -3.80. The van der Waals surface area contributed by atoms with E-state index >= 15 is 0 Å². The molecule has 4 heteroatoms. The van der Waals surface area contributed by atoms with Gasteiger partial charge in [0.05, 0.1) is 6.61 Å². The highest BCUT2D eigenvalue weighted by molar-refractivity contribution is 5.95. The predicted octanol–water partition coefficient (Wildman–Crippen LogP) is 2.22. The molecule has 1 N–H and O–H groups in total. The van der Waals surface area contributed by atoms with Crippen LogP contribution >= 0.6 is 0 Å². The van der Waals surface area contributed by atoms with E-state index in [4.69, 9.17) is 4.74 Å². The number of rotatable bonds is 6. The van der Waals surface area contributed by atoms with Crippen molar-refractivity contribution in [3.05, 3.63) is 48.6 Å². The van der Waals surface area contributed by atoms with E-state index in [9.17, 15) is 14.7 Å². The number of hydrogen-bond acceptors (Lipinski definition) is 3. The molecule has 18 heavy (non-hydrogen) atoms. The maximum absolute atomic E-state index is 11.7. The van der Waals surface area contributed by atoms with Gasteiger partial charge in [-0.3, -0.25) is 9.59 Å². The molecule has 0 saturated carbocycles. The van der Waals surface area contributed by atoms with E-state index in [2.05, 4.69) is 6.58 Å². The maximum Gasteiger partial charge on any atom is 0.321 e. The highest BCUT2D eigenvalue weighted by Gasteiger charge is 2.35. The van der Waals surface area contributed by atoms with Crippen molar-refractivity contribution in [2.45, 2.75) is 12.8 Å². The molecule has 96 valence electrons. The SMILES string of the molecule is C=CC(c1ccccc1)C(C(=O)O)C(=O)OCC. The molecule has 0 saturated heterocycles. The molecule has 1 rings (SSSR count). The topological polar surface area (TPSA) is 63.6 Å². The van der Waals surface area contributed by atoms with Gasteiger partial charge in [0.2, 0.25) is 0 Å². The molecule has 0 radical (unpaired) electrons. The smallest absolute Gasteiger partial charge is 0.321 e. The predicted molar refractivity (Wildman–Crippen MR) is 67.1 cm³/mol. The van der Waals surface area contributed by atoms with Crippen LogP contribution in [0.3, 0.4) is 0 Å². The van der Waals surface area contributed by atoms with Gasteiger partial charge in [-0.2, -0.15) is 0 Å². The minimum Gasteiger partial charge on any atom is -0.481 e. The molecular weight excluding hydrogens is 232 g/mol. The Hall–Kier alpha value is -2.10. The number of carbonyl (C=O) groups is 2. The Kier molecular flexibility index (Phi) is 5.11. The molecule has 0 spiro atoms. The number of benzene rings is 1. The lowest BCUT2D eigenvalue weighted by Crippen LogP contribution is -2.31. The van der Waals surface area contributed by atoms with Crippen LogP contribution in [0.4, 0.5) is 0 Å². The van der Waals surface area contributed by atoms with Crippen molar-refractivity contribution in [1.82, 2.24) is 0 Å². The Bertz CT molecular complexity index is 425. The minimum atomic E-state index is -1.26. The summed E-state index contributed by atoms with van der Waals surface area (Å²) in [7, 11) is 0. The lowest BCUT2D eigenvalue weighted by molar-refractivity contribution is -0.158. The second-order valence-corrected chi connectivity index (χ2v) is 3.74. The Balaban J connectivity index is 3.06. The molecule has 0 aliphatic carbocycles. The van der Waals surface area contributed by atoms with Crippen molar-refractivity contribution in [1.29, 1.82) is 0 Å². The average molecular weight is 248 g/mol.